The maximum Gasteiger partial charge on any atom is 0.415 e. The first kappa shape index (κ1) is 72.1. The van der Waals surface area contributed by atoms with Gasteiger partial charge in [-0.2, -0.15) is 0 Å². The quantitative estimate of drug-likeness (QED) is 0.0716. The second-order valence-electron chi connectivity index (χ2n) is 22.8. The fourth-order valence-corrected chi connectivity index (χ4v) is 14.1. The number of esters is 1. The molecule has 0 fully saturated rings. The number of carboxylic acids is 1. The largest absolute Gasteiger partial charge is 0.480 e. The predicted molar refractivity (Wildman–Crippen MR) is 349 cm³/mol. The van der Waals surface area contributed by atoms with E-state index in [1.807, 2.05) is 0 Å². The van der Waals surface area contributed by atoms with Crippen molar-refractivity contribution in [2.45, 2.75) is 109 Å². The van der Waals surface area contributed by atoms with Gasteiger partial charge in [0.2, 0.25) is 11.8 Å². The number of thioether (sulfide) groups is 2. The van der Waals surface area contributed by atoms with E-state index in [2.05, 4.69) is 20.0 Å². The molecule has 2 aromatic carbocycles. The molecule has 2 atom stereocenters. The molecule has 8 rings (SSSR count). The van der Waals surface area contributed by atoms with Gasteiger partial charge in [0.1, 0.15) is 31.6 Å². The van der Waals surface area contributed by atoms with E-state index in [1.165, 1.54) is 72.9 Å². The van der Waals surface area contributed by atoms with Gasteiger partial charge in [-0.1, -0.05) is 42.5 Å². The van der Waals surface area contributed by atoms with Gasteiger partial charge in [-0.15, -0.1) is 46.2 Å². The lowest BCUT2D eigenvalue weighted by molar-refractivity contribution is -0.141. The third-order valence-corrected chi connectivity index (χ3v) is 19.9. The van der Waals surface area contributed by atoms with Gasteiger partial charge < -0.3 is 38.9 Å². The summed E-state index contributed by atoms with van der Waals surface area (Å²) in [6, 6.07) is 8.86. The minimum absolute atomic E-state index is 0. The number of aliphatic imine (C=N–C) groups is 2. The Kier molecular flexibility index (Phi) is 23.7. The normalized spacial score (nSPS) is 17.0. The first-order valence-electron chi connectivity index (χ1n) is 27.6. The number of carbonyl (C=O) groups excluding carboxylic acids is 9. The molecule has 0 spiro atoms. The molecule has 2 aliphatic carbocycles. The highest BCUT2D eigenvalue weighted by atomic mass is 32.2. The molecule has 0 bridgehead atoms. The summed E-state index contributed by atoms with van der Waals surface area (Å²) in [5.41, 5.74) is 2.89. The summed E-state index contributed by atoms with van der Waals surface area (Å²) < 4.78 is 17.5. The molecule has 26 heteroatoms. The molecule has 0 saturated carbocycles. The zero-order valence-corrected chi connectivity index (χ0v) is 54.5. The van der Waals surface area contributed by atoms with Crippen molar-refractivity contribution in [2.75, 3.05) is 73.0 Å². The number of Topliss-reactive ketones (excluding diaryl/α,β-unsaturated/α-hetero) is 4. The number of aliphatic carboxylic acids is 1. The predicted octanol–water partition coefficient (Wildman–Crippen LogP) is 10.1. The second kappa shape index (κ2) is 29.3. The van der Waals surface area contributed by atoms with Crippen molar-refractivity contribution in [1.29, 1.82) is 0 Å². The molecule has 89 heavy (non-hydrogen) atoms. The number of fused-ring (bicyclic) bond motifs is 2. The van der Waals surface area contributed by atoms with Crippen LogP contribution in [0.25, 0.3) is 20.4 Å². The molecule has 4 aliphatic rings. The molecule has 2 aromatic heterocycles. The van der Waals surface area contributed by atoms with Gasteiger partial charge in [0.05, 0.1) is 27.5 Å². The number of carboxylic acid groups (broad SMARTS) is 1. The van der Waals surface area contributed by atoms with E-state index >= 15 is 0 Å². The Morgan fingerprint density at radius 3 is 1.25 bits per heavy atom. The van der Waals surface area contributed by atoms with E-state index in [1.54, 1.807) is 134 Å². The molecular formula is C63H78N8O14S4. The Hall–Kier alpha value is -7.68. The van der Waals surface area contributed by atoms with Crippen LogP contribution >= 0.6 is 46.2 Å². The average Bonchev–Trinajstić information content (AvgIpc) is 2.33. The van der Waals surface area contributed by atoms with Gasteiger partial charge in [-0.3, -0.25) is 38.8 Å². The molecule has 4 heterocycles. The standard InChI is InChI=1S/C31H36N4O7S2.C30H34N4O7S2.2CH4/c1-16-17(2)26(38)24(18(3)25(16)37)31(4,5)14-23(36)34(6)11-12-35(7)30(40)42-19-9-10-20-22(13-19)44-28(32-20)27-33-21(15-43-27)29(39)41-8;1-15-16(2)25(37)23(17(3)24(15)36)30(4,5)13-22(35)33(6)10-11-34(7)29(40)41-18-8-9-19-21(12-18)43-27(31-19)26-32-20(14-42-26)28(38)39;;/h9-10,13,21H,11-12,14-15H2,1-8H3;8-9,12,20H,10-11,13-14H2,1-7H3,(H,38,39);2*1H4/t21-;20-;;/m11../s1. The van der Waals surface area contributed by atoms with Crippen molar-refractivity contribution in [3.63, 3.8) is 0 Å². The number of amides is 4. The zero-order chi connectivity index (χ0) is 64.3. The lowest BCUT2D eigenvalue weighted by atomic mass is 9.71. The van der Waals surface area contributed by atoms with Crippen molar-refractivity contribution in [2.24, 2.45) is 20.8 Å². The van der Waals surface area contributed by atoms with Crippen molar-refractivity contribution in [1.82, 2.24) is 29.6 Å². The molecule has 1 N–H and O–H groups in total. The highest BCUT2D eigenvalue weighted by molar-refractivity contribution is 8.15. The summed E-state index contributed by atoms with van der Waals surface area (Å²) >= 11 is 5.53. The van der Waals surface area contributed by atoms with Gasteiger partial charge >= 0.3 is 24.1 Å². The highest BCUT2D eigenvalue weighted by Crippen LogP contribution is 2.41. The van der Waals surface area contributed by atoms with Crippen LogP contribution in [0.15, 0.2) is 91.0 Å². The van der Waals surface area contributed by atoms with Crippen LogP contribution < -0.4 is 9.47 Å². The molecular weight excluding hydrogens is 1220 g/mol. The van der Waals surface area contributed by atoms with Crippen LogP contribution in [0.5, 0.6) is 11.5 Å². The number of likely N-dealkylation sites (N-methyl/N-ethyl adjacent to an activating group) is 4. The maximum atomic E-state index is 13.1. The molecule has 4 amide bonds. The number of rotatable bonds is 18. The van der Waals surface area contributed by atoms with E-state index in [9.17, 15) is 53.1 Å². The highest BCUT2D eigenvalue weighted by Gasteiger charge is 2.41. The van der Waals surface area contributed by atoms with E-state index in [-0.39, 0.29) is 94.8 Å². The van der Waals surface area contributed by atoms with E-state index in [4.69, 9.17) is 14.2 Å². The number of methoxy groups -OCH3 is 1. The number of hydrogen-bond donors (Lipinski definition) is 1. The maximum absolute atomic E-state index is 13.1. The van der Waals surface area contributed by atoms with Gasteiger partial charge in [-0.25, -0.2) is 29.1 Å². The molecule has 2 aliphatic heterocycles. The first-order valence-corrected chi connectivity index (χ1v) is 31.2. The fourth-order valence-electron chi connectivity index (χ4n) is 9.89. The smallest absolute Gasteiger partial charge is 0.415 e. The number of nitrogens with zero attached hydrogens (tertiary/aromatic N) is 8. The van der Waals surface area contributed by atoms with Crippen LogP contribution in [0.1, 0.15) is 107 Å². The monoisotopic (exact) mass is 1300 g/mol. The van der Waals surface area contributed by atoms with Gasteiger partial charge in [0.15, 0.2) is 35.2 Å². The second-order valence-corrected chi connectivity index (χ2v) is 26.9. The first-order chi connectivity index (χ1) is 40.7. The summed E-state index contributed by atoms with van der Waals surface area (Å²) in [6.45, 7) is 17.9. The van der Waals surface area contributed by atoms with Crippen LogP contribution in [0.4, 0.5) is 9.59 Å². The van der Waals surface area contributed by atoms with Crippen molar-refractivity contribution < 1.29 is 67.3 Å². The molecule has 0 radical (unpaired) electrons. The minimum atomic E-state index is -0.967. The molecule has 478 valence electrons. The molecule has 0 saturated heterocycles. The lowest BCUT2D eigenvalue weighted by Gasteiger charge is -2.33. The van der Waals surface area contributed by atoms with Crippen LogP contribution in [-0.4, -0.2) is 189 Å². The third-order valence-electron chi connectivity index (χ3n) is 15.5. The number of thiazole rings is 2. The number of allylic oxidation sites excluding steroid dienone is 8. The number of ether oxygens (including phenoxy) is 3. The van der Waals surface area contributed by atoms with E-state index in [0.29, 0.717) is 93.2 Å². The van der Waals surface area contributed by atoms with Crippen molar-refractivity contribution in [3.05, 3.63) is 91.0 Å². The number of hydrogen-bond acceptors (Lipinski definition) is 21. The van der Waals surface area contributed by atoms with Gasteiger partial charge in [0, 0.05) is 146 Å². The average molecular weight is 1300 g/mol. The molecule has 0 unspecified atom stereocenters. The van der Waals surface area contributed by atoms with Crippen LogP contribution in [0, 0.1) is 10.8 Å². The van der Waals surface area contributed by atoms with Crippen molar-refractivity contribution in [3.8, 4) is 11.5 Å². The Morgan fingerprint density at radius 1 is 0.539 bits per heavy atom. The topological polar surface area (TPSA) is 282 Å². The third kappa shape index (κ3) is 16.2. The number of benzene rings is 2. The number of carbonyl (C=O) groups is 10. The Bertz CT molecular complexity index is 3770. The van der Waals surface area contributed by atoms with Crippen molar-refractivity contribution >= 4 is 136 Å². The van der Waals surface area contributed by atoms with Crippen LogP contribution in [0.3, 0.4) is 0 Å². The fraction of sp³-hybridized carbons (Fsp3) is 0.460. The SMILES string of the molecule is C.C.CC1=C(C)C(=O)C(C(C)(C)CC(=O)N(C)CCN(C)C(=O)Oc2ccc3nc(C4=N[C@@H](C(=O)O)CS4)sc3c2)=C(C)C1=O.COC(=O)[C@H]1CSC(c2nc3ccc(OC(=O)N(C)CCN(C)C(=O)CC(C)(C)C4=C(C)C(=O)C(C)=C(C)C4=O)cc3s2)=N1. The number of aromatic nitrogens is 2. The summed E-state index contributed by atoms with van der Waals surface area (Å²) in [6.07, 6.45) is -1.14. The Labute approximate surface area is 535 Å². The minimum Gasteiger partial charge on any atom is -0.480 e. The van der Waals surface area contributed by atoms with Gasteiger partial charge in [-0.05, 0) is 65.8 Å². The number of ketones is 4. The summed E-state index contributed by atoms with van der Waals surface area (Å²) in [5, 5.41) is 11.7. The van der Waals surface area contributed by atoms with Crippen LogP contribution in [-0.2, 0) is 43.1 Å². The molecule has 4 aromatic rings. The summed E-state index contributed by atoms with van der Waals surface area (Å²) in [4.78, 5) is 150. The lowest BCUT2D eigenvalue weighted by Crippen LogP contribution is -2.40. The Balaban J connectivity index is 0.000000317. The molecule has 22 nitrogen and oxygen atoms in total. The van der Waals surface area contributed by atoms with E-state index in [0.717, 1.165) is 14.9 Å². The van der Waals surface area contributed by atoms with E-state index < -0.39 is 41.1 Å². The zero-order valence-electron chi connectivity index (χ0n) is 51.2. The Morgan fingerprint density at radius 2 is 0.888 bits per heavy atom. The van der Waals surface area contributed by atoms with Gasteiger partial charge in [0.25, 0.3) is 0 Å². The summed E-state index contributed by atoms with van der Waals surface area (Å²) in [7, 11) is 7.75. The summed E-state index contributed by atoms with van der Waals surface area (Å²) in [5.74, 6) is -0.991. The van der Waals surface area contributed by atoms with Crippen LogP contribution in [0.2, 0.25) is 0 Å².